The quantitative estimate of drug-likeness (QED) is 0.538. The molecule has 162 valence electrons. The van der Waals surface area contributed by atoms with Crippen molar-refractivity contribution in [1.29, 1.82) is 0 Å². The van der Waals surface area contributed by atoms with E-state index in [2.05, 4.69) is 5.32 Å². The first-order valence-electron chi connectivity index (χ1n) is 9.60. The molecule has 2 aromatic carbocycles. The standard InChI is InChI=1S/C22H24Cl3FN2O2/c1-4-20(22(30)27-13(2)3)28(12-14-8-9-17(24)18(25)10-14)21(29)11-15-16(23)6-5-7-19(15)26/h5-10,13,20H,4,11-12H2,1-3H3,(H,27,30)/t20-/m0/s1. The predicted octanol–water partition coefficient (Wildman–Crippen LogP) is 5.66. The van der Waals surface area contributed by atoms with Gasteiger partial charge in [0.25, 0.3) is 0 Å². The largest absolute Gasteiger partial charge is 0.352 e. The molecule has 0 bridgehead atoms. The molecule has 2 aromatic rings. The van der Waals surface area contributed by atoms with Gasteiger partial charge in [0.1, 0.15) is 11.9 Å². The molecule has 0 unspecified atom stereocenters. The maximum Gasteiger partial charge on any atom is 0.243 e. The molecule has 0 radical (unpaired) electrons. The minimum absolute atomic E-state index is 0.0884. The maximum absolute atomic E-state index is 14.2. The highest BCUT2D eigenvalue weighted by Crippen LogP contribution is 2.25. The van der Waals surface area contributed by atoms with Crippen molar-refractivity contribution in [2.75, 3.05) is 0 Å². The second-order valence-electron chi connectivity index (χ2n) is 7.23. The van der Waals surface area contributed by atoms with Crippen molar-refractivity contribution < 1.29 is 14.0 Å². The molecule has 1 N–H and O–H groups in total. The number of hydrogen-bond acceptors (Lipinski definition) is 2. The van der Waals surface area contributed by atoms with Crippen LogP contribution in [0.2, 0.25) is 15.1 Å². The van der Waals surface area contributed by atoms with Crippen LogP contribution in [0.15, 0.2) is 36.4 Å². The summed E-state index contributed by atoms with van der Waals surface area (Å²) in [5.41, 5.74) is 0.801. The molecule has 0 heterocycles. The Morgan fingerprint density at radius 2 is 1.77 bits per heavy atom. The van der Waals surface area contributed by atoms with E-state index in [9.17, 15) is 14.0 Å². The van der Waals surface area contributed by atoms with Gasteiger partial charge in [0.2, 0.25) is 11.8 Å². The van der Waals surface area contributed by atoms with Crippen LogP contribution in [0, 0.1) is 5.82 Å². The van der Waals surface area contributed by atoms with Crippen LogP contribution < -0.4 is 5.32 Å². The Morgan fingerprint density at radius 3 is 2.33 bits per heavy atom. The first-order valence-corrected chi connectivity index (χ1v) is 10.7. The Bertz CT molecular complexity index is 901. The monoisotopic (exact) mass is 472 g/mol. The number of nitrogens with one attached hydrogen (secondary N) is 1. The molecule has 0 aliphatic rings. The van der Waals surface area contributed by atoms with Gasteiger partial charge in [0, 0.05) is 23.2 Å². The van der Waals surface area contributed by atoms with Crippen molar-refractivity contribution >= 4 is 46.6 Å². The molecular formula is C22H24Cl3FN2O2. The zero-order chi connectivity index (χ0) is 22.4. The van der Waals surface area contributed by atoms with E-state index in [0.29, 0.717) is 22.0 Å². The summed E-state index contributed by atoms with van der Waals surface area (Å²) < 4.78 is 14.2. The molecule has 0 saturated heterocycles. The van der Waals surface area contributed by atoms with Crippen molar-refractivity contribution in [3.63, 3.8) is 0 Å². The molecule has 30 heavy (non-hydrogen) atoms. The van der Waals surface area contributed by atoms with Gasteiger partial charge < -0.3 is 10.2 Å². The summed E-state index contributed by atoms with van der Waals surface area (Å²) in [6, 6.07) is 8.44. The van der Waals surface area contributed by atoms with Gasteiger partial charge in [-0.05, 0) is 50.1 Å². The Balaban J connectivity index is 2.38. The third kappa shape index (κ3) is 6.34. The van der Waals surface area contributed by atoms with Crippen LogP contribution in [-0.2, 0) is 22.6 Å². The van der Waals surface area contributed by atoms with E-state index in [-0.39, 0.29) is 35.5 Å². The van der Waals surface area contributed by atoms with E-state index in [4.69, 9.17) is 34.8 Å². The summed E-state index contributed by atoms with van der Waals surface area (Å²) in [7, 11) is 0. The fourth-order valence-corrected chi connectivity index (χ4v) is 3.64. The predicted molar refractivity (Wildman–Crippen MR) is 119 cm³/mol. The third-order valence-electron chi connectivity index (χ3n) is 4.54. The molecule has 0 fully saturated rings. The van der Waals surface area contributed by atoms with E-state index in [1.807, 2.05) is 20.8 Å². The van der Waals surface area contributed by atoms with Gasteiger partial charge in [0.15, 0.2) is 0 Å². The van der Waals surface area contributed by atoms with Crippen LogP contribution in [0.1, 0.15) is 38.3 Å². The van der Waals surface area contributed by atoms with E-state index in [1.165, 1.54) is 23.1 Å². The first-order chi connectivity index (χ1) is 14.1. The normalized spacial score (nSPS) is 12.0. The summed E-state index contributed by atoms with van der Waals surface area (Å²) in [5, 5.41) is 3.74. The molecule has 0 aliphatic heterocycles. The molecule has 0 saturated carbocycles. The highest BCUT2D eigenvalue weighted by molar-refractivity contribution is 6.42. The first kappa shape index (κ1) is 24.4. The highest BCUT2D eigenvalue weighted by atomic mass is 35.5. The lowest BCUT2D eigenvalue weighted by molar-refractivity contribution is -0.141. The molecule has 2 rings (SSSR count). The second kappa shape index (κ2) is 11.0. The maximum atomic E-state index is 14.2. The summed E-state index contributed by atoms with van der Waals surface area (Å²) in [6.07, 6.45) is 0.120. The number of halogens is 4. The molecule has 0 aromatic heterocycles. The highest BCUT2D eigenvalue weighted by Gasteiger charge is 2.30. The van der Waals surface area contributed by atoms with Gasteiger partial charge in [-0.25, -0.2) is 4.39 Å². The van der Waals surface area contributed by atoms with Gasteiger partial charge in [-0.1, -0.05) is 53.9 Å². The Kier molecular flexibility index (Phi) is 8.95. The van der Waals surface area contributed by atoms with Crippen molar-refractivity contribution in [3.05, 3.63) is 68.4 Å². The van der Waals surface area contributed by atoms with Crippen molar-refractivity contribution in [3.8, 4) is 0 Å². The van der Waals surface area contributed by atoms with Gasteiger partial charge >= 0.3 is 0 Å². The molecule has 0 aliphatic carbocycles. The minimum Gasteiger partial charge on any atom is -0.352 e. The van der Waals surface area contributed by atoms with Crippen molar-refractivity contribution in [1.82, 2.24) is 10.2 Å². The summed E-state index contributed by atoms with van der Waals surface area (Å²) in [6.45, 7) is 5.62. The number of carbonyl (C=O) groups is 2. The topological polar surface area (TPSA) is 49.4 Å². The van der Waals surface area contributed by atoms with Crippen LogP contribution >= 0.6 is 34.8 Å². The second-order valence-corrected chi connectivity index (χ2v) is 8.46. The van der Waals surface area contributed by atoms with E-state index >= 15 is 0 Å². The average molecular weight is 474 g/mol. The number of benzene rings is 2. The summed E-state index contributed by atoms with van der Waals surface area (Å²) in [4.78, 5) is 27.4. The molecule has 8 heteroatoms. The number of nitrogens with zero attached hydrogens (tertiary/aromatic N) is 1. The van der Waals surface area contributed by atoms with Crippen LogP contribution in [0.25, 0.3) is 0 Å². The Morgan fingerprint density at radius 1 is 1.07 bits per heavy atom. The van der Waals surface area contributed by atoms with Crippen LogP contribution in [0.4, 0.5) is 4.39 Å². The summed E-state index contributed by atoms with van der Waals surface area (Å²) >= 11 is 18.2. The number of amides is 2. The average Bonchev–Trinajstić information content (AvgIpc) is 2.66. The molecular weight excluding hydrogens is 450 g/mol. The lowest BCUT2D eigenvalue weighted by Crippen LogP contribution is -2.50. The minimum atomic E-state index is -0.736. The lowest BCUT2D eigenvalue weighted by Gasteiger charge is -2.31. The molecule has 4 nitrogen and oxygen atoms in total. The van der Waals surface area contributed by atoms with E-state index in [0.717, 1.165) is 0 Å². The fraction of sp³-hybridized carbons (Fsp3) is 0.364. The smallest absolute Gasteiger partial charge is 0.243 e. The third-order valence-corrected chi connectivity index (χ3v) is 5.64. The number of hydrogen-bond donors (Lipinski definition) is 1. The SMILES string of the molecule is CC[C@@H](C(=O)NC(C)C)N(Cc1ccc(Cl)c(Cl)c1)C(=O)Cc1c(F)cccc1Cl. The molecule has 0 spiro atoms. The fourth-order valence-electron chi connectivity index (χ4n) is 3.09. The Labute approximate surface area is 191 Å². The summed E-state index contributed by atoms with van der Waals surface area (Å²) in [5.74, 6) is -1.26. The van der Waals surface area contributed by atoms with Crippen molar-refractivity contribution in [2.45, 2.75) is 52.2 Å². The van der Waals surface area contributed by atoms with Gasteiger partial charge in [0.05, 0.1) is 16.5 Å². The van der Waals surface area contributed by atoms with Crippen LogP contribution in [0.3, 0.4) is 0 Å². The number of rotatable bonds is 8. The zero-order valence-corrected chi connectivity index (χ0v) is 19.3. The molecule has 2 amide bonds. The lowest BCUT2D eigenvalue weighted by atomic mass is 10.1. The zero-order valence-electron chi connectivity index (χ0n) is 17.0. The van der Waals surface area contributed by atoms with Gasteiger partial charge in [-0.15, -0.1) is 0 Å². The van der Waals surface area contributed by atoms with Crippen LogP contribution in [0.5, 0.6) is 0 Å². The van der Waals surface area contributed by atoms with Crippen LogP contribution in [-0.4, -0.2) is 28.8 Å². The number of carbonyl (C=O) groups excluding carboxylic acids is 2. The van der Waals surface area contributed by atoms with Crippen molar-refractivity contribution in [2.24, 2.45) is 0 Å². The van der Waals surface area contributed by atoms with E-state index < -0.39 is 17.8 Å². The van der Waals surface area contributed by atoms with Gasteiger partial charge in [-0.3, -0.25) is 9.59 Å². The van der Waals surface area contributed by atoms with E-state index in [1.54, 1.807) is 18.2 Å². The molecule has 1 atom stereocenters. The van der Waals surface area contributed by atoms with Gasteiger partial charge in [-0.2, -0.15) is 0 Å². The Hall–Kier alpha value is -1.82.